The minimum absolute atomic E-state index is 0. The van der Waals surface area contributed by atoms with Gasteiger partial charge < -0.3 is 4.98 Å². The van der Waals surface area contributed by atoms with Crippen LogP contribution in [0.2, 0.25) is 0 Å². The minimum atomic E-state index is 0. The second kappa shape index (κ2) is 5.59. The number of aromatic nitrogens is 1. The van der Waals surface area contributed by atoms with Crippen molar-refractivity contribution in [1.29, 1.82) is 0 Å². The summed E-state index contributed by atoms with van der Waals surface area (Å²) >= 11 is 0. The predicted octanol–water partition coefficient (Wildman–Crippen LogP) is 2.14. The number of rotatable bonds is 0. The molecule has 0 unspecified atom stereocenters. The summed E-state index contributed by atoms with van der Waals surface area (Å²) in [5.41, 5.74) is 2.19. The summed E-state index contributed by atoms with van der Waals surface area (Å²) in [7, 11) is 0. The average molecular weight is 376 g/mol. The van der Waals surface area contributed by atoms with Crippen molar-refractivity contribution in [3.05, 3.63) is 42.1 Å². The first-order valence-corrected chi connectivity index (χ1v) is 3.51. The van der Waals surface area contributed by atoms with Gasteiger partial charge >= 0.3 is 0 Å². The Hall–Kier alpha value is -0.0973. The van der Waals surface area contributed by atoms with Crippen LogP contribution in [0, 0.1) is 19.2 Å². The smallest absolute Gasteiger partial charge is 0 e. The van der Waals surface area contributed by atoms with Gasteiger partial charge in [-0.3, -0.25) is 11.5 Å². The van der Waals surface area contributed by atoms with Gasteiger partial charge in [0.1, 0.15) is 0 Å². The van der Waals surface area contributed by atoms with Crippen molar-refractivity contribution in [1.82, 2.24) is 4.98 Å². The van der Waals surface area contributed by atoms with Crippen molar-refractivity contribution >= 4 is 10.9 Å². The molecular weight excluding hydrogens is 369 g/mol. The van der Waals surface area contributed by atoms with Gasteiger partial charge in [0.25, 0.3) is 0 Å². The predicted molar refractivity (Wildman–Crippen MR) is 44.2 cm³/mol. The third-order valence-electron chi connectivity index (χ3n) is 1.63. The topological polar surface area (TPSA) is 12.9 Å². The van der Waals surface area contributed by atoms with Crippen LogP contribution in [-0.4, -0.2) is 4.98 Å². The van der Waals surface area contributed by atoms with E-state index in [1.807, 2.05) is 19.1 Å². The first-order valence-electron chi connectivity index (χ1n) is 3.51. The van der Waals surface area contributed by atoms with Gasteiger partial charge in [-0.15, -0.1) is 17.6 Å². The van der Waals surface area contributed by atoms with E-state index in [9.17, 15) is 0 Å². The average Bonchev–Trinajstić information content (AvgIpc) is 2.04. The molecule has 2 aromatic rings. The molecule has 0 aliphatic rings. The molecule has 0 atom stereocenters. The van der Waals surface area contributed by atoms with E-state index in [4.69, 9.17) is 0 Å². The van der Waals surface area contributed by atoms with Gasteiger partial charge in [0, 0.05) is 39.6 Å². The molecule has 0 aliphatic heterocycles. The summed E-state index contributed by atoms with van der Waals surface area (Å²) in [6, 6.07) is 10.9. The van der Waals surface area contributed by atoms with Gasteiger partial charge in [-0.25, -0.2) is 12.1 Å². The third kappa shape index (κ3) is 2.95. The number of hydrogen-bond donors (Lipinski definition) is 0. The first kappa shape index (κ1) is 12.9. The molecule has 1 radical (unpaired) electrons. The molecule has 0 N–H and O–H groups in total. The Labute approximate surface area is 104 Å². The molecule has 2 rings (SSSR count). The van der Waals surface area contributed by atoms with Crippen molar-refractivity contribution in [3.8, 4) is 0 Å². The Morgan fingerprint density at radius 3 is 2.85 bits per heavy atom. The van der Waals surface area contributed by atoms with Gasteiger partial charge in [0.05, 0.1) is 0 Å². The molecule has 0 aliphatic carbocycles. The zero-order chi connectivity index (χ0) is 7.68. The van der Waals surface area contributed by atoms with Crippen LogP contribution in [0.4, 0.5) is 0 Å². The van der Waals surface area contributed by atoms with Gasteiger partial charge in [0.15, 0.2) is 0 Å². The first-order chi connectivity index (χ1) is 5.36. The summed E-state index contributed by atoms with van der Waals surface area (Å²) in [5, 5.41) is 1.05. The number of hydrogen-bond acceptors (Lipinski definition) is 1. The van der Waals surface area contributed by atoms with E-state index in [0.29, 0.717) is 0 Å². The molecule has 0 bridgehead atoms. The van der Waals surface area contributed by atoms with Crippen molar-refractivity contribution < 1.29 is 39.6 Å². The minimum Gasteiger partial charge on any atom is -0.456 e. The van der Waals surface area contributed by atoms with Crippen LogP contribution in [0.1, 0.15) is 5.56 Å². The fourth-order valence-corrected chi connectivity index (χ4v) is 1.07. The van der Waals surface area contributed by atoms with E-state index in [2.05, 4.69) is 23.3 Å². The summed E-state index contributed by atoms with van der Waals surface area (Å²) < 4.78 is 0. The fraction of sp³-hybridized carbons (Fsp3) is 0.100. The Morgan fingerprint density at radius 2 is 2.08 bits per heavy atom. The second-order valence-corrected chi connectivity index (χ2v) is 2.55. The summed E-state index contributed by atoms with van der Waals surface area (Å²) in [5.74, 6) is 0. The Balaban J connectivity index is 0.000000720. The van der Waals surface area contributed by atoms with E-state index < -0.39 is 0 Å². The third-order valence-corrected chi connectivity index (χ3v) is 1.63. The standard InChI is InChI=1S/C10H7N.V.W/c1-8-4-5-9-3-2-6-11-10(9)7-8;;/h2,4-5,7H,1H3;;/q-2;;. The van der Waals surface area contributed by atoms with E-state index in [1.54, 1.807) is 6.07 Å². The zero-order valence-corrected chi connectivity index (χ0v) is 11.4. The molecule has 1 heterocycles. The van der Waals surface area contributed by atoms with Crippen molar-refractivity contribution in [2.75, 3.05) is 0 Å². The van der Waals surface area contributed by atoms with E-state index >= 15 is 0 Å². The number of nitrogens with zero attached hydrogens (tertiary/aromatic N) is 1. The van der Waals surface area contributed by atoms with Crippen molar-refractivity contribution in [2.24, 2.45) is 0 Å². The molecule has 65 valence electrons. The monoisotopic (exact) mass is 376 g/mol. The number of fused-ring (bicyclic) bond motifs is 1. The van der Waals surface area contributed by atoms with Crippen LogP contribution >= 0.6 is 0 Å². The van der Waals surface area contributed by atoms with Gasteiger partial charge in [-0.1, -0.05) is 5.56 Å². The Morgan fingerprint density at radius 1 is 1.31 bits per heavy atom. The normalized spacial score (nSPS) is 8.69. The van der Waals surface area contributed by atoms with Gasteiger partial charge in [-0.05, 0) is 6.92 Å². The van der Waals surface area contributed by atoms with Crippen LogP contribution in [0.5, 0.6) is 0 Å². The van der Waals surface area contributed by atoms with E-state index in [0.717, 1.165) is 10.9 Å². The molecular formula is C10H7NVW-2. The largest absolute Gasteiger partial charge is 0.456 e. The van der Waals surface area contributed by atoms with Crippen LogP contribution < -0.4 is 0 Å². The maximum atomic E-state index is 4.09. The van der Waals surface area contributed by atoms with Crippen LogP contribution in [0.3, 0.4) is 0 Å². The summed E-state index contributed by atoms with van der Waals surface area (Å²) in [6.45, 7) is 2.05. The molecule has 0 fully saturated rings. The molecule has 1 aromatic carbocycles. The van der Waals surface area contributed by atoms with Gasteiger partial charge in [0.2, 0.25) is 0 Å². The Kier molecular flexibility index (Phi) is 5.55. The molecule has 0 amide bonds. The van der Waals surface area contributed by atoms with Crippen molar-refractivity contribution in [2.45, 2.75) is 6.92 Å². The summed E-state index contributed by atoms with van der Waals surface area (Å²) in [4.78, 5) is 4.09. The van der Waals surface area contributed by atoms with Crippen LogP contribution in [0.15, 0.2) is 24.3 Å². The van der Waals surface area contributed by atoms with E-state index in [1.165, 1.54) is 5.56 Å². The molecule has 1 nitrogen and oxygen atoms in total. The summed E-state index contributed by atoms with van der Waals surface area (Å²) in [6.07, 6.45) is 2.76. The second-order valence-electron chi connectivity index (χ2n) is 2.55. The maximum Gasteiger partial charge on any atom is 0 e. The quantitative estimate of drug-likeness (QED) is 0.643. The number of benzene rings is 1. The molecule has 0 saturated heterocycles. The number of pyridine rings is 1. The van der Waals surface area contributed by atoms with Crippen molar-refractivity contribution in [3.63, 3.8) is 0 Å². The molecule has 1 aromatic heterocycles. The maximum absolute atomic E-state index is 4.09. The zero-order valence-electron chi connectivity index (χ0n) is 7.11. The molecule has 13 heavy (non-hydrogen) atoms. The number of aryl methyl sites for hydroxylation is 1. The van der Waals surface area contributed by atoms with Crippen LogP contribution in [0.25, 0.3) is 10.9 Å². The fourth-order valence-electron chi connectivity index (χ4n) is 1.07. The van der Waals surface area contributed by atoms with Gasteiger partial charge in [-0.2, -0.15) is 6.20 Å². The van der Waals surface area contributed by atoms with Crippen LogP contribution in [-0.2, 0) is 39.6 Å². The molecule has 0 saturated carbocycles. The Bertz CT molecular complexity index is 389. The molecule has 3 heteroatoms. The molecule has 0 spiro atoms. The van der Waals surface area contributed by atoms with E-state index in [-0.39, 0.29) is 39.6 Å². The SMILES string of the molecule is Cc1ccc2[c-]c[c-]nc2c1.[V].[W].